The highest BCUT2D eigenvalue weighted by Gasteiger charge is 2.29. The van der Waals surface area contributed by atoms with Crippen LogP contribution in [0.2, 0.25) is 0 Å². The predicted octanol–water partition coefficient (Wildman–Crippen LogP) is 2.97. The van der Waals surface area contributed by atoms with E-state index in [1.54, 1.807) is 12.1 Å². The van der Waals surface area contributed by atoms with Gasteiger partial charge in [0.1, 0.15) is 5.52 Å². The summed E-state index contributed by atoms with van der Waals surface area (Å²) in [5.74, 6) is 0. The van der Waals surface area contributed by atoms with E-state index in [-0.39, 0.29) is 4.90 Å². The van der Waals surface area contributed by atoms with Crippen LogP contribution in [0.5, 0.6) is 0 Å². The fraction of sp³-hybridized carbons (Fsp3) is 0.188. The van der Waals surface area contributed by atoms with Gasteiger partial charge in [-0.05, 0) is 36.6 Å². The summed E-state index contributed by atoms with van der Waals surface area (Å²) in [6.07, 6.45) is 3.04. The molecule has 1 aliphatic rings. The lowest BCUT2D eigenvalue weighted by molar-refractivity contribution is 0.584. The average Bonchev–Trinajstić information content (AvgIpc) is 3.02. The summed E-state index contributed by atoms with van der Waals surface area (Å²) in [7, 11) is -3.60. The predicted molar refractivity (Wildman–Crippen MR) is 83.3 cm³/mol. The Kier molecular flexibility index (Phi) is 2.94. The third kappa shape index (κ3) is 1.99. The first-order valence-electron chi connectivity index (χ1n) is 7.10. The summed E-state index contributed by atoms with van der Waals surface area (Å²) < 4.78 is 32.7. The van der Waals surface area contributed by atoms with Crippen LogP contribution in [-0.4, -0.2) is 19.9 Å². The number of benzene rings is 2. The Balaban J connectivity index is 1.84. The van der Waals surface area contributed by atoms with Crippen molar-refractivity contribution < 1.29 is 12.8 Å². The van der Waals surface area contributed by atoms with Crippen molar-refractivity contribution in [1.29, 1.82) is 0 Å². The molecule has 0 saturated carbocycles. The molecule has 6 heteroatoms. The second-order valence-electron chi connectivity index (χ2n) is 5.29. The van der Waals surface area contributed by atoms with Gasteiger partial charge in [-0.2, -0.15) is 0 Å². The van der Waals surface area contributed by atoms with Gasteiger partial charge < -0.3 is 4.42 Å². The SMILES string of the molecule is O=S(=O)(c1ccc2ncoc2c1)N1CCCc2ccccc21. The number of sulfonamides is 1. The second kappa shape index (κ2) is 4.84. The van der Waals surface area contributed by atoms with E-state index >= 15 is 0 Å². The van der Waals surface area contributed by atoms with E-state index in [0.717, 1.165) is 24.1 Å². The largest absolute Gasteiger partial charge is 0.443 e. The molecule has 0 amide bonds. The molecule has 112 valence electrons. The number of anilines is 1. The van der Waals surface area contributed by atoms with Gasteiger partial charge in [0.25, 0.3) is 10.0 Å². The van der Waals surface area contributed by atoms with Crippen LogP contribution in [-0.2, 0) is 16.4 Å². The van der Waals surface area contributed by atoms with E-state index in [2.05, 4.69) is 4.98 Å². The fourth-order valence-corrected chi connectivity index (χ4v) is 4.43. The van der Waals surface area contributed by atoms with Crippen molar-refractivity contribution in [3.63, 3.8) is 0 Å². The number of rotatable bonds is 2. The van der Waals surface area contributed by atoms with Gasteiger partial charge in [0.15, 0.2) is 12.0 Å². The van der Waals surface area contributed by atoms with Gasteiger partial charge >= 0.3 is 0 Å². The summed E-state index contributed by atoms with van der Waals surface area (Å²) in [6.45, 7) is 0.494. The van der Waals surface area contributed by atoms with E-state index in [1.165, 1.54) is 16.8 Å². The third-order valence-corrected chi connectivity index (χ3v) is 5.77. The van der Waals surface area contributed by atoms with Crippen molar-refractivity contribution in [1.82, 2.24) is 4.98 Å². The highest BCUT2D eigenvalue weighted by atomic mass is 32.2. The first-order valence-corrected chi connectivity index (χ1v) is 8.54. The molecule has 0 aliphatic carbocycles. The molecule has 0 N–H and O–H groups in total. The minimum atomic E-state index is -3.60. The smallest absolute Gasteiger partial charge is 0.264 e. The van der Waals surface area contributed by atoms with Crippen LogP contribution < -0.4 is 4.31 Å². The number of oxazole rings is 1. The molecule has 0 unspecified atom stereocenters. The van der Waals surface area contributed by atoms with Crippen LogP contribution in [0.3, 0.4) is 0 Å². The molecule has 0 saturated heterocycles. The number of hydrogen-bond acceptors (Lipinski definition) is 4. The summed E-state index contributed by atoms with van der Waals surface area (Å²) >= 11 is 0. The van der Waals surface area contributed by atoms with E-state index in [1.807, 2.05) is 24.3 Å². The molecule has 22 heavy (non-hydrogen) atoms. The molecule has 0 fully saturated rings. The molecule has 1 aliphatic heterocycles. The molecule has 5 nitrogen and oxygen atoms in total. The highest BCUT2D eigenvalue weighted by molar-refractivity contribution is 7.92. The van der Waals surface area contributed by atoms with Crippen molar-refractivity contribution in [2.24, 2.45) is 0 Å². The van der Waals surface area contributed by atoms with Crippen LogP contribution in [0, 0.1) is 0 Å². The van der Waals surface area contributed by atoms with Gasteiger partial charge in [-0.25, -0.2) is 13.4 Å². The molecular formula is C16H14N2O3S. The lowest BCUT2D eigenvalue weighted by Gasteiger charge is -2.30. The average molecular weight is 314 g/mol. The fourth-order valence-electron chi connectivity index (χ4n) is 2.87. The third-order valence-electron chi connectivity index (χ3n) is 3.96. The van der Waals surface area contributed by atoms with Gasteiger partial charge in [-0.1, -0.05) is 18.2 Å². The van der Waals surface area contributed by atoms with E-state index < -0.39 is 10.0 Å². The maximum atomic E-state index is 13.0. The van der Waals surface area contributed by atoms with Crippen LogP contribution in [0.1, 0.15) is 12.0 Å². The second-order valence-corrected chi connectivity index (χ2v) is 7.15. The van der Waals surface area contributed by atoms with Crippen LogP contribution >= 0.6 is 0 Å². The molecule has 0 atom stereocenters. The first kappa shape index (κ1) is 13.3. The number of aryl methyl sites for hydroxylation is 1. The Bertz CT molecular complexity index is 947. The minimum absolute atomic E-state index is 0.230. The Morgan fingerprint density at radius 3 is 2.91 bits per heavy atom. The van der Waals surface area contributed by atoms with E-state index in [9.17, 15) is 8.42 Å². The molecule has 1 aromatic heterocycles. The Hall–Kier alpha value is -2.34. The lowest BCUT2D eigenvalue weighted by Crippen LogP contribution is -2.35. The summed E-state index contributed by atoms with van der Waals surface area (Å²) in [6, 6.07) is 12.4. The maximum Gasteiger partial charge on any atom is 0.264 e. The van der Waals surface area contributed by atoms with Crippen molar-refractivity contribution in [3.05, 3.63) is 54.4 Å². The standard InChI is InChI=1S/C16H14N2O3S/c19-22(20,13-7-8-14-16(10-13)21-11-17-14)18-9-3-5-12-4-1-2-6-15(12)18/h1-2,4,6-8,10-11H,3,5,9H2. The van der Waals surface area contributed by atoms with Crippen LogP contribution in [0.15, 0.2) is 58.2 Å². The normalized spacial score (nSPS) is 15.0. The molecule has 3 aromatic rings. The summed E-state index contributed by atoms with van der Waals surface area (Å²) in [4.78, 5) is 4.25. The molecule has 0 bridgehead atoms. The van der Waals surface area contributed by atoms with Gasteiger partial charge in [0, 0.05) is 12.6 Å². The van der Waals surface area contributed by atoms with Crippen molar-refractivity contribution in [3.8, 4) is 0 Å². The first-order chi connectivity index (χ1) is 10.7. The zero-order valence-electron chi connectivity index (χ0n) is 11.8. The molecule has 0 spiro atoms. The molecule has 4 rings (SSSR count). The highest BCUT2D eigenvalue weighted by Crippen LogP contribution is 2.32. The molecule has 2 aromatic carbocycles. The Labute approximate surface area is 128 Å². The summed E-state index contributed by atoms with van der Waals surface area (Å²) in [5.41, 5.74) is 2.97. The van der Waals surface area contributed by atoms with Crippen LogP contribution in [0.25, 0.3) is 11.1 Å². The Morgan fingerprint density at radius 1 is 1.14 bits per heavy atom. The molecule has 0 radical (unpaired) electrons. The number of nitrogens with zero attached hydrogens (tertiary/aromatic N) is 2. The molecule has 2 heterocycles. The minimum Gasteiger partial charge on any atom is -0.443 e. The topological polar surface area (TPSA) is 63.4 Å². The lowest BCUT2D eigenvalue weighted by atomic mass is 10.0. The maximum absolute atomic E-state index is 13.0. The number of para-hydroxylation sites is 1. The zero-order valence-corrected chi connectivity index (χ0v) is 12.6. The monoisotopic (exact) mass is 314 g/mol. The van der Waals surface area contributed by atoms with Crippen LogP contribution in [0.4, 0.5) is 5.69 Å². The summed E-state index contributed by atoms with van der Waals surface area (Å²) in [5, 5.41) is 0. The van der Waals surface area contributed by atoms with Gasteiger partial charge in [0.05, 0.1) is 10.6 Å². The van der Waals surface area contributed by atoms with Crippen molar-refractivity contribution >= 4 is 26.8 Å². The number of hydrogen-bond donors (Lipinski definition) is 0. The number of fused-ring (bicyclic) bond motifs is 2. The zero-order chi connectivity index (χ0) is 15.2. The van der Waals surface area contributed by atoms with Crippen molar-refractivity contribution in [2.75, 3.05) is 10.8 Å². The van der Waals surface area contributed by atoms with Gasteiger partial charge in [0.2, 0.25) is 0 Å². The van der Waals surface area contributed by atoms with E-state index in [0.29, 0.717) is 17.6 Å². The van der Waals surface area contributed by atoms with Gasteiger partial charge in [-0.15, -0.1) is 0 Å². The van der Waals surface area contributed by atoms with E-state index in [4.69, 9.17) is 4.42 Å². The number of aromatic nitrogens is 1. The molecular weight excluding hydrogens is 300 g/mol. The quantitative estimate of drug-likeness (QED) is 0.729. The Morgan fingerprint density at radius 2 is 2.00 bits per heavy atom. The van der Waals surface area contributed by atoms with Crippen molar-refractivity contribution in [2.45, 2.75) is 17.7 Å². The van der Waals surface area contributed by atoms with Gasteiger partial charge in [-0.3, -0.25) is 4.31 Å².